The summed E-state index contributed by atoms with van der Waals surface area (Å²) in [6.07, 6.45) is 3.76. The summed E-state index contributed by atoms with van der Waals surface area (Å²) in [5.41, 5.74) is 0.860. The first-order chi connectivity index (χ1) is 11.7. The standard InChI is InChI=1S/C16H15F2N5O/c17-16(18)24-14-4-2-1-3-13(14)23-8-5-11(10-23)22-15-12(9-19)20-6-7-21-15/h1-4,6-7,11,16H,5,8,10H2,(H,21,22)/t11-/m1/s1. The average molecular weight is 331 g/mol. The molecule has 0 unspecified atom stereocenters. The Morgan fingerprint density at radius 3 is 2.88 bits per heavy atom. The summed E-state index contributed by atoms with van der Waals surface area (Å²) >= 11 is 0. The normalized spacial score (nSPS) is 16.9. The lowest BCUT2D eigenvalue weighted by atomic mass is 10.2. The van der Waals surface area contributed by atoms with E-state index in [0.717, 1.165) is 6.42 Å². The van der Waals surface area contributed by atoms with Crippen molar-refractivity contribution in [3.8, 4) is 11.8 Å². The molecule has 3 rings (SSSR count). The van der Waals surface area contributed by atoms with Crippen LogP contribution in [0.1, 0.15) is 12.1 Å². The molecular weight excluding hydrogens is 316 g/mol. The quantitative estimate of drug-likeness (QED) is 0.908. The molecule has 0 aliphatic carbocycles. The van der Waals surface area contributed by atoms with Gasteiger partial charge in [-0.3, -0.25) is 0 Å². The van der Waals surface area contributed by atoms with Gasteiger partial charge in [0.2, 0.25) is 0 Å². The Bertz CT molecular complexity index is 749. The fourth-order valence-corrected chi connectivity index (χ4v) is 2.73. The van der Waals surface area contributed by atoms with Crippen LogP contribution in [0.3, 0.4) is 0 Å². The lowest BCUT2D eigenvalue weighted by Gasteiger charge is -2.22. The number of hydrogen-bond acceptors (Lipinski definition) is 6. The van der Waals surface area contributed by atoms with E-state index in [1.165, 1.54) is 18.5 Å². The predicted molar refractivity (Wildman–Crippen MR) is 84.1 cm³/mol. The maximum absolute atomic E-state index is 12.5. The van der Waals surface area contributed by atoms with Gasteiger partial charge >= 0.3 is 6.61 Å². The van der Waals surface area contributed by atoms with Gasteiger partial charge in [0, 0.05) is 31.5 Å². The highest BCUT2D eigenvalue weighted by Gasteiger charge is 2.26. The van der Waals surface area contributed by atoms with Crippen molar-refractivity contribution < 1.29 is 13.5 Å². The van der Waals surface area contributed by atoms with Crippen LogP contribution in [0, 0.1) is 11.3 Å². The Morgan fingerprint density at radius 2 is 2.08 bits per heavy atom. The first-order valence-corrected chi connectivity index (χ1v) is 7.44. The number of nitrogens with one attached hydrogen (secondary N) is 1. The average Bonchev–Trinajstić information content (AvgIpc) is 3.03. The minimum atomic E-state index is -2.86. The van der Waals surface area contributed by atoms with Crippen molar-refractivity contribution in [3.05, 3.63) is 42.4 Å². The van der Waals surface area contributed by atoms with Gasteiger partial charge in [-0.15, -0.1) is 0 Å². The number of nitrogens with zero attached hydrogens (tertiary/aromatic N) is 4. The van der Waals surface area contributed by atoms with Crippen LogP contribution in [0.2, 0.25) is 0 Å². The summed E-state index contributed by atoms with van der Waals surface area (Å²) in [6, 6.07) is 8.75. The molecule has 1 aliphatic rings. The topological polar surface area (TPSA) is 74.1 Å². The Labute approximate surface area is 137 Å². The van der Waals surface area contributed by atoms with Crippen LogP contribution < -0.4 is 15.0 Å². The van der Waals surface area contributed by atoms with Crippen LogP contribution in [0.4, 0.5) is 20.3 Å². The number of benzene rings is 1. The zero-order chi connectivity index (χ0) is 16.9. The Hall–Kier alpha value is -2.95. The minimum absolute atomic E-state index is 0.0356. The summed E-state index contributed by atoms with van der Waals surface area (Å²) in [4.78, 5) is 10.1. The molecule has 1 aromatic heterocycles. The number of halogens is 2. The van der Waals surface area contributed by atoms with Gasteiger partial charge in [-0.25, -0.2) is 9.97 Å². The highest BCUT2D eigenvalue weighted by atomic mass is 19.3. The molecule has 8 heteroatoms. The van der Waals surface area contributed by atoms with Crippen LogP contribution in [0.5, 0.6) is 5.75 Å². The summed E-state index contributed by atoms with van der Waals surface area (Å²) in [7, 11) is 0. The van der Waals surface area contributed by atoms with Crippen molar-refractivity contribution in [2.24, 2.45) is 0 Å². The zero-order valence-electron chi connectivity index (χ0n) is 12.7. The van der Waals surface area contributed by atoms with Crippen molar-refractivity contribution in [3.63, 3.8) is 0 Å². The number of hydrogen-bond donors (Lipinski definition) is 1. The van der Waals surface area contributed by atoms with E-state index >= 15 is 0 Å². The van der Waals surface area contributed by atoms with Gasteiger partial charge < -0.3 is 15.0 Å². The molecule has 1 aromatic carbocycles. The van der Waals surface area contributed by atoms with Crippen LogP contribution in [-0.4, -0.2) is 35.7 Å². The highest BCUT2D eigenvalue weighted by Crippen LogP contribution is 2.32. The van der Waals surface area contributed by atoms with Gasteiger partial charge in [0.05, 0.1) is 5.69 Å². The van der Waals surface area contributed by atoms with E-state index in [4.69, 9.17) is 5.26 Å². The number of rotatable bonds is 5. The largest absolute Gasteiger partial charge is 0.433 e. The second kappa shape index (κ2) is 7.08. The molecule has 1 aliphatic heterocycles. The van der Waals surface area contributed by atoms with E-state index in [-0.39, 0.29) is 17.5 Å². The van der Waals surface area contributed by atoms with Crippen LogP contribution in [0.15, 0.2) is 36.7 Å². The molecule has 2 heterocycles. The predicted octanol–water partition coefficient (Wildman–Crippen LogP) is 2.64. The van der Waals surface area contributed by atoms with Crippen LogP contribution in [-0.2, 0) is 0 Å². The highest BCUT2D eigenvalue weighted by molar-refractivity contribution is 5.60. The van der Waals surface area contributed by atoms with E-state index in [1.54, 1.807) is 18.2 Å². The molecule has 24 heavy (non-hydrogen) atoms. The SMILES string of the molecule is N#Cc1nccnc1N[C@@H]1CCN(c2ccccc2OC(F)F)C1. The van der Waals surface area contributed by atoms with Crippen molar-refractivity contribution in [1.82, 2.24) is 9.97 Å². The maximum atomic E-state index is 12.5. The van der Waals surface area contributed by atoms with E-state index < -0.39 is 6.61 Å². The lowest BCUT2D eigenvalue weighted by molar-refractivity contribution is -0.0495. The number of aromatic nitrogens is 2. The van der Waals surface area contributed by atoms with Crippen molar-refractivity contribution in [1.29, 1.82) is 5.26 Å². The number of anilines is 2. The summed E-state index contributed by atoms with van der Waals surface area (Å²) < 4.78 is 29.7. The van der Waals surface area contributed by atoms with Crippen molar-refractivity contribution >= 4 is 11.5 Å². The molecule has 0 amide bonds. The second-order valence-electron chi connectivity index (χ2n) is 5.29. The first-order valence-electron chi connectivity index (χ1n) is 7.44. The Morgan fingerprint density at radius 1 is 1.29 bits per heavy atom. The van der Waals surface area contributed by atoms with E-state index in [0.29, 0.717) is 24.6 Å². The van der Waals surface area contributed by atoms with Gasteiger partial charge in [-0.1, -0.05) is 12.1 Å². The third-order valence-electron chi connectivity index (χ3n) is 3.76. The van der Waals surface area contributed by atoms with Gasteiger partial charge in [0.25, 0.3) is 0 Å². The first kappa shape index (κ1) is 15.9. The molecule has 0 spiro atoms. The molecule has 2 aromatic rings. The molecule has 1 N–H and O–H groups in total. The van der Waals surface area contributed by atoms with E-state index in [2.05, 4.69) is 20.0 Å². The fraction of sp³-hybridized carbons (Fsp3) is 0.312. The van der Waals surface area contributed by atoms with Gasteiger partial charge in [0.1, 0.15) is 11.8 Å². The van der Waals surface area contributed by atoms with Crippen LogP contribution in [0.25, 0.3) is 0 Å². The molecule has 0 saturated carbocycles. The van der Waals surface area contributed by atoms with Crippen molar-refractivity contribution in [2.75, 3.05) is 23.3 Å². The van der Waals surface area contributed by atoms with E-state index in [9.17, 15) is 8.78 Å². The second-order valence-corrected chi connectivity index (χ2v) is 5.29. The third-order valence-corrected chi connectivity index (χ3v) is 3.76. The molecule has 124 valence electrons. The molecular formula is C16H15F2N5O. The Balaban J connectivity index is 1.71. The summed E-state index contributed by atoms with van der Waals surface area (Å²) in [6.45, 7) is -1.59. The Kier molecular flexibility index (Phi) is 4.70. The molecule has 6 nitrogen and oxygen atoms in total. The van der Waals surface area contributed by atoms with Crippen LogP contribution >= 0.6 is 0 Å². The molecule has 0 radical (unpaired) electrons. The molecule has 1 atom stereocenters. The lowest BCUT2D eigenvalue weighted by Crippen LogP contribution is -2.27. The molecule has 1 saturated heterocycles. The van der Waals surface area contributed by atoms with Gasteiger partial charge in [0.15, 0.2) is 11.5 Å². The molecule has 1 fully saturated rings. The monoisotopic (exact) mass is 331 g/mol. The summed E-state index contributed by atoms with van der Waals surface area (Å²) in [5.74, 6) is 0.592. The number of ether oxygens (including phenoxy) is 1. The fourth-order valence-electron chi connectivity index (χ4n) is 2.73. The van der Waals surface area contributed by atoms with Gasteiger partial charge in [-0.2, -0.15) is 14.0 Å². The minimum Gasteiger partial charge on any atom is -0.433 e. The molecule has 0 bridgehead atoms. The zero-order valence-corrected chi connectivity index (χ0v) is 12.7. The van der Waals surface area contributed by atoms with Gasteiger partial charge in [-0.05, 0) is 18.6 Å². The third kappa shape index (κ3) is 3.51. The summed E-state index contributed by atoms with van der Waals surface area (Å²) in [5, 5.41) is 12.2. The maximum Gasteiger partial charge on any atom is 0.387 e. The number of para-hydroxylation sites is 2. The van der Waals surface area contributed by atoms with Crippen molar-refractivity contribution in [2.45, 2.75) is 19.1 Å². The smallest absolute Gasteiger partial charge is 0.387 e. The number of alkyl halides is 2. The number of nitriles is 1. The van der Waals surface area contributed by atoms with E-state index in [1.807, 2.05) is 11.0 Å².